The summed E-state index contributed by atoms with van der Waals surface area (Å²) in [6.45, 7) is 3.75. The minimum Gasteiger partial charge on any atom is -0.326 e. The van der Waals surface area contributed by atoms with Crippen LogP contribution in [0.15, 0.2) is 42.5 Å². The number of rotatable bonds is 4. The van der Waals surface area contributed by atoms with Gasteiger partial charge in [0, 0.05) is 22.8 Å². The van der Waals surface area contributed by atoms with Crippen molar-refractivity contribution in [1.82, 2.24) is 0 Å². The third kappa shape index (κ3) is 3.29. The van der Waals surface area contributed by atoms with Crippen LogP contribution in [0.4, 0.5) is 11.4 Å². The fourth-order valence-electron chi connectivity index (χ4n) is 2.82. The van der Waals surface area contributed by atoms with Gasteiger partial charge in [0.1, 0.15) is 0 Å². The molecule has 0 aliphatic carbocycles. The van der Waals surface area contributed by atoms with Crippen LogP contribution < -0.4 is 10.6 Å². The number of hydrogen-bond donors (Lipinski definition) is 2. The van der Waals surface area contributed by atoms with Gasteiger partial charge in [0.2, 0.25) is 11.8 Å². The summed E-state index contributed by atoms with van der Waals surface area (Å²) >= 11 is 5.95. The Morgan fingerprint density at radius 2 is 2.00 bits per heavy atom. The highest BCUT2D eigenvalue weighted by molar-refractivity contribution is 6.30. The average molecular weight is 343 g/mol. The van der Waals surface area contributed by atoms with E-state index in [0.29, 0.717) is 23.6 Å². The van der Waals surface area contributed by atoms with Crippen LogP contribution in [0, 0.1) is 0 Å². The van der Waals surface area contributed by atoms with Crippen LogP contribution in [0.3, 0.4) is 0 Å². The molecule has 0 saturated carbocycles. The third-order valence-electron chi connectivity index (χ3n) is 4.32. The van der Waals surface area contributed by atoms with Gasteiger partial charge in [0.05, 0.1) is 5.41 Å². The Labute approximate surface area is 146 Å². The predicted octanol–water partition coefficient (Wildman–Crippen LogP) is 4.14. The quantitative estimate of drug-likeness (QED) is 0.877. The van der Waals surface area contributed by atoms with E-state index in [9.17, 15) is 9.59 Å². The molecule has 0 atom stereocenters. The first-order chi connectivity index (χ1) is 11.4. The molecule has 124 valence electrons. The number of fused-ring (bicyclic) bond motifs is 1. The second kappa shape index (κ2) is 6.29. The van der Waals surface area contributed by atoms with E-state index < -0.39 is 5.41 Å². The molecule has 0 spiro atoms. The first kappa shape index (κ1) is 16.5. The molecule has 1 aliphatic rings. The zero-order valence-corrected chi connectivity index (χ0v) is 14.4. The van der Waals surface area contributed by atoms with E-state index in [1.54, 1.807) is 6.07 Å². The number of anilines is 2. The van der Waals surface area contributed by atoms with Crippen molar-refractivity contribution in [2.45, 2.75) is 32.1 Å². The van der Waals surface area contributed by atoms with Gasteiger partial charge in [0.25, 0.3) is 0 Å². The average Bonchev–Trinajstić information content (AvgIpc) is 2.76. The number of amides is 2. The second-order valence-corrected chi connectivity index (χ2v) is 6.95. The number of hydrogen-bond acceptors (Lipinski definition) is 2. The van der Waals surface area contributed by atoms with Crippen LogP contribution in [0.2, 0.25) is 5.02 Å². The molecule has 4 nitrogen and oxygen atoms in total. The number of carbonyl (C=O) groups is 2. The normalized spacial score (nSPS) is 14.9. The number of carbonyl (C=O) groups excluding carboxylic acids is 2. The van der Waals surface area contributed by atoms with E-state index in [2.05, 4.69) is 10.6 Å². The molecule has 5 heteroatoms. The van der Waals surface area contributed by atoms with Gasteiger partial charge in [-0.1, -0.05) is 23.7 Å². The Morgan fingerprint density at radius 3 is 2.75 bits per heavy atom. The third-order valence-corrected chi connectivity index (χ3v) is 4.56. The van der Waals surface area contributed by atoms with Crippen LogP contribution in [0.25, 0.3) is 0 Å². The molecule has 0 saturated heterocycles. The van der Waals surface area contributed by atoms with E-state index >= 15 is 0 Å². The van der Waals surface area contributed by atoms with Crippen molar-refractivity contribution in [2.24, 2.45) is 0 Å². The summed E-state index contributed by atoms with van der Waals surface area (Å²) in [6, 6.07) is 13.0. The predicted molar refractivity (Wildman–Crippen MR) is 96.5 cm³/mol. The molecule has 0 unspecified atom stereocenters. The molecule has 0 aromatic heterocycles. The van der Waals surface area contributed by atoms with Gasteiger partial charge >= 0.3 is 0 Å². The topological polar surface area (TPSA) is 58.2 Å². The van der Waals surface area contributed by atoms with Crippen molar-refractivity contribution in [3.63, 3.8) is 0 Å². The van der Waals surface area contributed by atoms with Crippen LogP contribution >= 0.6 is 11.6 Å². The van der Waals surface area contributed by atoms with Gasteiger partial charge in [0.15, 0.2) is 0 Å². The number of aryl methyl sites for hydroxylation is 1. The van der Waals surface area contributed by atoms with Crippen LogP contribution in [-0.2, 0) is 21.4 Å². The molecular formula is C19H19ClN2O2. The SMILES string of the molecule is CC1(C)C(=O)Nc2ccc(NC(=O)CCc3cccc(Cl)c3)cc21. The van der Waals surface area contributed by atoms with Crippen molar-refractivity contribution in [3.8, 4) is 0 Å². The first-order valence-corrected chi connectivity index (χ1v) is 8.24. The lowest BCUT2D eigenvalue weighted by Crippen LogP contribution is -2.26. The largest absolute Gasteiger partial charge is 0.326 e. The molecule has 2 amide bonds. The molecule has 2 N–H and O–H groups in total. The van der Waals surface area contributed by atoms with Gasteiger partial charge < -0.3 is 10.6 Å². The smallest absolute Gasteiger partial charge is 0.234 e. The summed E-state index contributed by atoms with van der Waals surface area (Å²) in [5, 5.41) is 6.43. The summed E-state index contributed by atoms with van der Waals surface area (Å²) in [6.07, 6.45) is 1.00. The minimum absolute atomic E-state index is 0.0260. The maximum Gasteiger partial charge on any atom is 0.234 e. The Morgan fingerprint density at radius 1 is 1.21 bits per heavy atom. The molecule has 2 aromatic rings. The summed E-state index contributed by atoms with van der Waals surface area (Å²) < 4.78 is 0. The zero-order valence-electron chi connectivity index (χ0n) is 13.7. The molecule has 0 radical (unpaired) electrons. The maximum atomic E-state index is 12.2. The highest BCUT2D eigenvalue weighted by atomic mass is 35.5. The first-order valence-electron chi connectivity index (χ1n) is 7.86. The standard InChI is InChI=1S/C19H19ClN2O2/c1-19(2)15-11-14(7-8-16(15)22-18(19)24)21-17(23)9-6-12-4-3-5-13(20)10-12/h3-5,7-8,10-11H,6,9H2,1-2H3,(H,21,23)(H,22,24). The van der Waals surface area contributed by atoms with E-state index in [-0.39, 0.29) is 11.8 Å². The van der Waals surface area contributed by atoms with Crippen molar-refractivity contribution in [1.29, 1.82) is 0 Å². The summed E-state index contributed by atoms with van der Waals surface area (Å²) in [5.74, 6) is -0.0908. The fourth-order valence-corrected chi connectivity index (χ4v) is 3.04. The summed E-state index contributed by atoms with van der Waals surface area (Å²) in [4.78, 5) is 24.1. The molecule has 1 aliphatic heterocycles. The van der Waals surface area contributed by atoms with Crippen LogP contribution in [0.5, 0.6) is 0 Å². The van der Waals surface area contributed by atoms with Gasteiger partial charge in [-0.05, 0) is 61.7 Å². The van der Waals surface area contributed by atoms with E-state index in [1.165, 1.54) is 0 Å². The van der Waals surface area contributed by atoms with Gasteiger partial charge in [-0.25, -0.2) is 0 Å². The number of benzene rings is 2. The van der Waals surface area contributed by atoms with Crippen LogP contribution in [-0.4, -0.2) is 11.8 Å². The van der Waals surface area contributed by atoms with E-state index in [4.69, 9.17) is 11.6 Å². The van der Waals surface area contributed by atoms with Gasteiger partial charge in [-0.2, -0.15) is 0 Å². The molecular weight excluding hydrogens is 324 g/mol. The minimum atomic E-state index is -0.586. The highest BCUT2D eigenvalue weighted by Gasteiger charge is 2.38. The molecule has 0 bridgehead atoms. The number of halogens is 1. The maximum absolute atomic E-state index is 12.2. The lowest BCUT2D eigenvalue weighted by molar-refractivity contribution is -0.119. The molecule has 1 heterocycles. The lowest BCUT2D eigenvalue weighted by atomic mass is 9.86. The van der Waals surface area contributed by atoms with Crippen molar-refractivity contribution in [2.75, 3.05) is 10.6 Å². The van der Waals surface area contributed by atoms with Crippen molar-refractivity contribution >= 4 is 34.8 Å². The molecule has 3 rings (SSSR count). The zero-order chi connectivity index (χ0) is 17.3. The molecule has 2 aromatic carbocycles. The van der Waals surface area contributed by atoms with Gasteiger partial charge in [-0.15, -0.1) is 0 Å². The molecule has 24 heavy (non-hydrogen) atoms. The van der Waals surface area contributed by atoms with Gasteiger partial charge in [-0.3, -0.25) is 9.59 Å². The van der Waals surface area contributed by atoms with Crippen molar-refractivity contribution < 1.29 is 9.59 Å². The van der Waals surface area contributed by atoms with E-state index in [1.807, 2.05) is 50.2 Å². The second-order valence-electron chi connectivity index (χ2n) is 6.52. The fraction of sp³-hybridized carbons (Fsp3) is 0.263. The lowest BCUT2D eigenvalue weighted by Gasteiger charge is -2.16. The highest BCUT2D eigenvalue weighted by Crippen LogP contribution is 2.38. The monoisotopic (exact) mass is 342 g/mol. The molecule has 0 fully saturated rings. The number of nitrogens with one attached hydrogen (secondary N) is 2. The Balaban J connectivity index is 1.66. The Hall–Kier alpha value is -2.33. The van der Waals surface area contributed by atoms with Crippen molar-refractivity contribution in [3.05, 3.63) is 58.6 Å². The summed E-state index contributed by atoms with van der Waals surface area (Å²) in [5.41, 5.74) is 2.86. The Kier molecular flexibility index (Phi) is 4.33. The van der Waals surface area contributed by atoms with E-state index in [0.717, 1.165) is 16.8 Å². The Bertz CT molecular complexity index is 815. The summed E-state index contributed by atoms with van der Waals surface area (Å²) in [7, 11) is 0. The van der Waals surface area contributed by atoms with Crippen LogP contribution in [0.1, 0.15) is 31.4 Å².